The van der Waals surface area contributed by atoms with Crippen molar-refractivity contribution in [3.63, 3.8) is 0 Å². The number of amides is 1. The van der Waals surface area contributed by atoms with Crippen molar-refractivity contribution >= 4 is 23.4 Å². The molecule has 0 saturated heterocycles. The van der Waals surface area contributed by atoms with E-state index in [2.05, 4.69) is 15.3 Å². The van der Waals surface area contributed by atoms with Crippen LogP contribution in [0.1, 0.15) is 31.5 Å². The molecule has 9 nitrogen and oxygen atoms in total. The van der Waals surface area contributed by atoms with Crippen LogP contribution in [0.15, 0.2) is 23.6 Å². The van der Waals surface area contributed by atoms with Gasteiger partial charge in [-0.3, -0.25) is 0 Å². The second kappa shape index (κ2) is 9.62. The number of pyridine rings is 1. The molecular formula is C19H19N5O4S. The molecule has 0 radical (unpaired) electrons. The monoisotopic (exact) mass is 413 g/mol. The predicted molar refractivity (Wildman–Crippen MR) is 103 cm³/mol. The highest BCUT2D eigenvalue weighted by atomic mass is 32.1. The summed E-state index contributed by atoms with van der Waals surface area (Å²) >= 11 is 1.27. The molecule has 0 aliphatic carbocycles. The first kappa shape index (κ1) is 21.8. The Hall–Kier alpha value is -3.50. The van der Waals surface area contributed by atoms with Crippen LogP contribution in [-0.4, -0.2) is 40.3 Å². The smallest absolute Gasteiger partial charge is 0.408 e. The van der Waals surface area contributed by atoms with E-state index < -0.39 is 30.3 Å². The second-order valence-corrected chi connectivity index (χ2v) is 7.76. The maximum Gasteiger partial charge on any atom is 0.408 e. The zero-order valence-corrected chi connectivity index (χ0v) is 16.9. The number of thiazole rings is 1. The van der Waals surface area contributed by atoms with Gasteiger partial charge >= 0.3 is 12.1 Å². The number of carbonyl (C=O) groups is 2. The maximum absolute atomic E-state index is 12.3. The largest absolute Gasteiger partial charge is 0.449 e. The number of nitriles is 2. The maximum atomic E-state index is 12.3. The van der Waals surface area contributed by atoms with Crippen molar-refractivity contribution in [2.45, 2.75) is 38.8 Å². The van der Waals surface area contributed by atoms with Gasteiger partial charge in [-0.1, -0.05) is 6.07 Å². The lowest BCUT2D eigenvalue weighted by Crippen LogP contribution is -2.45. The van der Waals surface area contributed by atoms with Crippen LogP contribution in [-0.2, 0) is 20.7 Å². The fourth-order valence-corrected chi connectivity index (χ4v) is 3.02. The van der Waals surface area contributed by atoms with Gasteiger partial charge in [-0.05, 0) is 32.9 Å². The zero-order valence-electron chi connectivity index (χ0n) is 16.1. The highest BCUT2D eigenvalue weighted by Gasteiger charge is 2.27. The molecular weight excluding hydrogens is 394 g/mol. The van der Waals surface area contributed by atoms with Gasteiger partial charge in [-0.15, -0.1) is 11.3 Å². The van der Waals surface area contributed by atoms with Gasteiger partial charge in [0, 0.05) is 11.8 Å². The van der Waals surface area contributed by atoms with Crippen molar-refractivity contribution in [3.05, 3.63) is 34.3 Å². The van der Waals surface area contributed by atoms with Crippen LogP contribution in [0.2, 0.25) is 0 Å². The van der Waals surface area contributed by atoms with Gasteiger partial charge in [0.25, 0.3) is 0 Å². The lowest BCUT2D eigenvalue weighted by Gasteiger charge is -2.22. The van der Waals surface area contributed by atoms with E-state index >= 15 is 0 Å². The number of ether oxygens (including phenoxy) is 2. The summed E-state index contributed by atoms with van der Waals surface area (Å²) in [5.74, 6) is -0.765. The molecule has 0 saturated carbocycles. The van der Waals surface area contributed by atoms with Crippen molar-refractivity contribution in [1.29, 1.82) is 10.5 Å². The number of hydrogen-bond donors (Lipinski definition) is 1. The average molecular weight is 413 g/mol. The predicted octanol–water partition coefficient (Wildman–Crippen LogP) is 2.58. The molecule has 29 heavy (non-hydrogen) atoms. The lowest BCUT2D eigenvalue weighted by molar-refractivity contribution is -0.144. The summed E-state index contributed by atoms with van der Waals surface area (Å²) in [5, 5.41) is 22.3. The van der Waals surface area contributed by atoms with Crippen LogP contribution in [0, 0.1) is 22.7 Å². The molecule has 0 bridgehead atoms. The van der Waals surface area contributed by atoms with Crippen LogP contribution >= 0.6 is 11.3 Å². The first-order valence-corrected chi connectivity index (χ1v) is 9.45. The van der Waals surface area contributed by atoms with Crippen LogP contribution in [0.3, 0.4) is 0 Å². The Labute approximate surface area is 171 Å². The fourth-order valence-electron chi connectivity index (χ4n) is 2.18. The van der Waals surface area contributed by atoms with Crippen molar-refractivity contribution in [2.75, 3.05) is 6.61 Å². The summed E-state index contributed by atoms with van der Waals surface area (Å²) in [6.07, 6.45) is -0.733. The molecule has 10 heteroatoms. The van der Waals surface area contributed by atoms with Crippen molar-refractivity contribution in [1.82, 2.24) is 15.3 Å². The Balaban J connectivity index is 2.16. The molecule has 0 aliphatic heterocycles. The van der Waals surface area contributed by atoms with E-state index in [1.165, 1.54) is 11.3 Å². The first-order valence-electron chi connectivity index (χ1n) is 8.57. The molecule has 0 aromatic carbocycles. The van der Waals surface area contributed by atoms with E-state index in [9.17, 15) is 9.59 Å². The summed E-state index contributed by atoms with van der Waals surface area (Å²) in [5.41, 5.74) is 0.595. The Morgan fingerprint density at radius 2 is 2.00 bits per heavy atom. The van der Waals surface area contributed by atoms with Gasteiger partial charge in [0.1, 0.15) is 29.5 Å². The fraction of sp³-hybridized carbons (Fsp3) is 0.368. The van der Waals surface area contributed by atoms with Gasteiger partial charge < -0.3 is 14.8 Å². The number of nitrogens with one attached hydrogen (secondary N) is 1. The van der Waals surface area contributed by atoms with Crippen molar-refractivity contribution in [2.24, 2.45) is 0 Å². The molecule has 0 spiro atoms. The molecule has 0 fully saturated rings. The lowest BCUT2D eigenvalue weighted by atomic mass is 10.2. The number of aromatic nitrogens is 2. The van der Waals surface area contributed by atoms with E-state index in [1.54, 1.807) is 50.4 Å². The molecule has 0 unspecified atom stereocenters. The zero-order chi connectivity index (χ0) is 21.4. The minimum atomic E-state index is -1.07. The van der Waals surface area contributed by atoms with Gasteiger partial charge in [-0.25, -0.2) is 19.6 Å². The highest BCUT2D eigenvalue weighted by Crippen LogP contribution is 2.21. The third kappa shape index (κ3) is 6.87. The summed E-state index contributed by atoms with van der Waals surface area (Å²) in [7, 11) is 0. The first-order chi connectivity index (χ1) is 13.7. The average Bonchev–Trinajstić information content (AvgIpc) is 3.12. The highest BCUT2D eigenvalue weighted by molar-refractivity contribution is 7.10. The Kier molecular flexibility index (Phi) is 7.23. The van der Waals surface area contributed by atoms with Gasteiger partial charge in [0.05, 0.1) is 16.4 Å². The topological polar surface area (TPSA) is 138 Å². The van der Waals surface area contributed by atoms with E-state index in [-0.39, 0.29) is 12.1 Å². The second-order valence-electron chi connectivity index (χ2n) is 6.82. The Morgan fingerprint density at radius 3 is 2.66 bits per heavy atom. The molecule has 2 aromatic heterocycles. The van der Waals surface area contributed by atoms with Crippen molar-refractivity contribution < 1.29 is 19.1 Å². The Bertz CT molecular complexity index is 968. The summed E-state index contributed by atoms with van der Waals surface area (Å²) in [6, 6.07) is 7.61. The van der Waals surface area contributed by atoms with Crippen LogP contribution in [0.25, 0.3) is 11.4 Å². The third-order valence-corrected chi connectivity index (χ3v) is 4.18. The number of alkyl carbamates (subject to hydrolysis) is 1. The molecule has 2 rings (SSSR count). The van der Waals surface area contributed by atoms with Gasteiger partial charge in [-0.2, -0.15) is 10.5 Å². The molecule has 2 heterocycles. The van der Waals surface area contributed by atoms with Crippen LogP contribution < -0.4 is 5.32 Å². The number of hydrogen-bond acceptors (Lipinski definition) is 9. The van der Waals surface area contributed by atoms with Crippen LogP contribution in [0.5, 0.6) is 0 Å². The number of carbonyl (C=O) groups excluding carboxylic acids is 2. The molecule has 2 aromatic rings. The minimum Gasteiger partial charge on any atom is -0.449 e. The van der Waals surface area contributed by atoms with Crippen LogP contribution in [0.4, 0.5) is 4.79 Å². The summed E-state index contributed by atoms with van der Waals surface area (Å²) < 4.78 is 10.0. The number of nitrogens with zero attached hydrogens (tertiary/aromatic N) is 4. The molecule has 0 aliphatic rings. The van der Waals surface area contributed by atoms with Gasteiger partial charge in [0.2, 0.25) is 0 Å². The van der Waals surface area contributed by atoms with E-state index in [4.69, 9.17) is 20.0 Å². The number of rotatable bonds is 6. The van der Waals surface area contributed by atoms with Gasteiger partial charge in [0.15, 0.2) is 6.61 Å². The summed E-state index contributed by atoms with van der Waals surface area (Å²) in [6.45, 7) is 4.67. The Morgan fingerprint density at radius 1 is 1.24 bits per heavy atom. The van der Waals surface area contributed by atoms with Crippen molar-refractivity contribution in [3.8, 4) is 23.5 Å². The quantitative estimate of drug-likeness (QED) is 0.713. The van der Waals surface area contributed by atoms with E-state index in [0.29, 0.717) is 16.4 Å². The van der Waals surface area contributed by atoms with E-state index in [1.807, 2.05) is 6.07 Å². The molecule has 1 N–H and O–H groups in total. The molecule has 1 amide bonds. The number of esters is 1. The van der Waals surface area contributed by atoms with E-state index in [0.717, 1.165) is 0 Å². The third-order valence-electron chi connectivity index (χ3n) is 3.31. The standard InChI is InChI=1S/C19H19N5O4S/c1-19(2,3)28-18(26)24-14(17(25)27-8-7-20)9-16-23-15(11-29-16)13-6-4-5-12(10-21)22-13/h4-6,11,14H,8-9H2,1-3H3,(H,24,26)/t14-/m0/s1. The normalized spacial score (nSPS) is 11.6. The molecule has 150 valence electrons. The minimum absolute atomic E-state index is 0.0477. The SMILES string of the molecule is CC(C)(C)OC(=O)N[C@@H](Cc1nc(-c2cccc(C#N)n2)cs1)C(=O)OCC#N. The molecule has 1 atom stereocenters. The summed E-state index contributed by atoms with van der Waals surface area (Å²) in [4.78, 5) is 32.9.